The number of hydrogen-bond acceptors (Lipinski definition) is 2. The van der Waals surface area contributed by atoms with Crippen LogP contribution in [0.5, 0.6) is 0 Å². The first-order valence-corrected chi connectivity index (χ1v) is 6.07. The third-order valence-electron chi connectivity index (χ3n) is 2.22. The Bertz CT molecular complexity index is 477. The molecule has 15 heavy (non-hydrogen) atoms. The minimum Gasteiger partial charge on any atom is -0.256 e. The molecule has 0 aliphatic heterocycles. The van der Waals surface area contributed by atoms with Crippen molar-refractivity contribution in [3.8, 4) is 0 Å². The van der Waals surface area contributed by atoms with E-state index in [9.17, 15) is 0 Å². The smallest absolute Gasteiger partial charge is 0.0715 e. The molecule has 0 saturated carbocycles. The van der Waals surface area contributed by atoms with Gasteiger partial charge in [0, 0.05) is 21.7 Å². The van der Waals surface area contributed by atoms with Gasteiger partial charge >= 0.3 is 0 Å². The largest absolute Gasteiger partial charge is 0.256 e. The fraction of sp³-hybridized carbons (Fsp3) is 0.308. The van der Waals surface area contributed by atoms with E-state index in [0.717, 1.165) is 5.52 Å². The quantitative estimate of drug-likeness (QED) is 0.704. The molecule has 0 saturated heterocycles. The van der Waals surface area contributed by atoms with E-state index in [1.54, 1.807) is 0 Å². The van der Waals surface area contributed by atoms with Crippen molar-refractivity contribution in [1.29, 1.82) is 0 Å². The Labute approximate surface area is 94.9 Å². The molecule has 0 aliphatic carbocycles. The second kappa shape index (κ2) is 4.23. The Morgan fingerprint density at radius 3 is 2.73 bits per heavy atom. The van der Waals surface area contributed by atoms with Gasteiger partial charge in [-0.25, -0.2) is 0 Å². The third-order valence-corrected chi connectivity index (χ3v) is 3.30. The van der Waals surface area contributed by atoms with Crippen molar-refractivity contribution >= 4 is 22.7 Å². The van der Waals surface area contributed by atoms with Crippen molar-refractivity contribution in [1.82, 2.24) is 4.98 Å². The maximum atomic E-state index is 4.40. The van der Waals surface area contributed by atoms with E-state index < -0.39 is 0 Å². The van der Waals surface area contributed by atoms with Gasteiger partial charge in [-0.2, -0.15) is 0 Å². The van der Waals surface area contributed by atoms with Crippen molar-refractivity contribution in [2.45, 2.75) is 30.9 Å². The second-order valence-electron chi connectivity index (χ2n) is 4.00. The summed E-state index contributed by atoms with van der Waals surface area (Å²) < 4.78 is 0. The van der Waals surface area contributed by atoms with Crippen LogP contribution in [0.3, 0.4) is 0 Å². The van der Waals surface area contributed by atoms with Crippen molar-refractivity contribution in [2.24, 2.45) is 0 Å². The third kappa shape index (κ3) is 2.32. The van der Waals surface area contributed by atoms with Crippen LogP contribution in [0.25, 0.3) is 10.9 Å². The van der Waals surface area contributed by atoms with E-state index in [4.69, 9.17) is 0 Å². The zero-order valence-electron chi connectivity index (χ0n) is 9.32. The number of pyridine rings is 1. The minimum atomic E-state index is 0.608. The lowest BCUT2D eigenvalue weighted by Crippen LogP contribution is -1.88. The maximum Gasteiger partial charge on any atom is 0.0715 e. The van der Waals surface area contributed by atoms with E-state index in [-0.39, 0.29) is 0 Å². The summed E-state index contributed by atoms with van der Waals surface area (Å²) in [5, 5.41) is 1.87. The van der Waals surface area contributed by atoms with Crippen LogP contribution in [0.15, 0.2) is 35.4 Å². The molecule has 0 atom stereocenters. The van der Waals surface area contributed by atoms with Crippen molar-refractivity contribution < 1.29 is 0 Å². The van der Waals surface area contributed by atoms with Crippen molar-refractivity contribution in [3.05, 3.63) is 36.0 Å². The van der Waals surface area contributed by atoms with Gasteiger partial charge in [0.2, 0.25) is 0 Å². The van der Waals surface area contributed by atoms with Gasteiger partial charge in [0.05, 0.1) is 5.52 Å². The molecular weight excluding hydrogens is 202 g/mol. The topological polar surface area (TPSA) is 12.9 Å². The van der Waals surface area contributed by atoms with Crippen LogP contribution >= 0.6 is 11.8 Å². The molecule has 2 rings (SSSR count). The first-order valence-electron chi connectivity index (χ1n) is 5.19. The van der Waals surface area contributed by atoms with E-state index in [2.05, 4.69) is 50.0 Å². The Balaban J connectivity index is 2.56. The highest BCUT2D eigenvalue weighted by Gasteiger charge is 2.04. The molecule has 0 amide bonds. The van der Waals surface area contributed by atoms with E-state index in [1.165, 1.54) is 15.8 Å². The summed E-state index contributed by atoms with van der Waals surface area (Å²) in [4.78, 5) is 5.73. The van der Waals surface area contributed by atoms with E-state index >= 15 is 0 Å². The second-order valence-corrected chi connectivity index (χ2v) is 5.61. The van der Waals surface area contributed by atoms with Crippen LogP contribution in [0.4, 0.5) is 0 Å². The summed E-state index contributed by atoms with van der Waals surface area (Å²) in [6.45, 7) is 6.53. The first kappa shape index (κ1) is 10.5. The molecule has 1 aromatic heterocycles. The summed E-state index contributed by atoms with van der Waals surface area (Å²) in [5.74, 6) is 0. The molecule has 1 nitrogen and oxygen atoms in total. The summed E-state index contributed by atoms with van der Waals surface area (Å²) in [6, 6.07) is 8.55. The number of nitrogens with zero attached hydrogens (tertiary/aromatic N) is 1. The SMILES string of the molecule is Cc1ccc2c(SC(C)C)ccnc2c1. The zero-order chi connectivity index (χ0) is 10.8. The standard InChI is InChI=1S/C13H15NS/c1-9(2)15-13-6-7-14-12-8-10(3)4-5-11(12)13/h4-9H,1-3H3. The molecule has 0 unspecified atom stereocenters. The van der Waals surface area contributed by atoms with E-state index in [0.29, 0.717) is 5.25 Å². The van der Waals surface area contributed by atoms with Gasteiger partial charge in [0.1, 0.15) is 0 Å². The molecule has 2 heteroatoms. The number of aromatic nitrogens is 1. The maximum absolute atomic E-state index is 4.40. The Kier molecular flexibility index (Phi) is 2.96. The molecule has 2 aromatic rings. The molecule has 0 bridgehead atoms. The van der Waals surface area contributed by atoms with Gasteiger partial charge in [0.25, 0.3) is 0 Å². The van der Waals surface area contributed by atoms with Crippen molar-refractivity contribution in [2.75, 3.05) is 0 Å². The van der Waals surface area contributed by atoms with Gasteiger partial charge < -0.3 is 0 Å². The van der Waals surface area contributed by atoms with Crippen LogP contribution in [0, 0.1) is 6.92 Å². The highest BCUT2D eigenvalue weighted by molar-refractivity contribution is 8.00. The molecule has 0 spiro atoms. The van der Waals surface area contributed by atoms with Gasteiger partial charge in [-0.1, -0.05) is 26.0 Å². The van der Waals surface area contributed by atoms with Gasteiger partial charge in [-0.3, -0.25) is 4.98 Å². The predicted octanol–water partition coefficient (Wildman–Crippen LogP) is 4.04. The Morgan fingerprint density at radius 1 is 1.20 bits per heavy atom. The Hall–Kier alpha value is -1.02. The van der Waals surface area contributed by atoms with Crippen LogP contribution in [0.2, 0.25) is 0 Å². The number of aryl methyl sites for hydroxylation is 1. The van der Waals surface area contributed by atoms with Crippen molar-refractivity contribution in [3.63, 3.8) is 0 Å². The first-order chi connectivity index (χ1) is 7.16. The lowest BCUT2D eigenvalue weighted by Gasteiger charge is -2.08. The normalized spacial score (nSPS) is 11.2. The lowest BCUT2D eigenvalue weighted by molar-refractivity contribution is 1.11. The number of fused-ring (bicyclic) bond motifs is 1. The van der Waals surface area contributed by atoms with Crippen LogP contribution < -0.4 is 0 Å². The molecule has 0 N–H and O–H groups in total. The summed E-state index contributed by atoms with van der Waals surface area (Å²) >= 11 is 1.89. The fourth-order valence-corrected chi connectivity index (χ4v) is 2.54. The highest BCUT2D eigenvalue weighted by Crippen LogP contribution is 2.29. The summed E-state index contributed by atoms with van der Waals surface area (Å²) in [6.07, 6.45) is 1.90. The zero-order valence-corrected chi connectivity index (χ0v) is 10.1. The number of thioether (sulfide) groups is 1. The molecule has 1 aromatic carbocycles. The molecule has 1 heterocycles. The summed E-state index contributed by atoms with van der Waals surface area (Å²) in [5.41, 5.74) is 2.36. The average Bonchev–Trinajstić information content (AvgIpc) is 2.16. The molecular formula is C13H15NS. The number of rotatable bonds is 2. The Morgan fingerprint density at radius 2 is 2.00 bits per heavy atom. The van der Waals surface area contributed by atoms with Crippen LogP contribution in [-0.2, 0) is 0 Å². The highest BCUT2D eigenvalue weighted by atomic mass is 32.2. The van der Waals surface area contributed by atoms with Gasteiger partial charge in [-0.15, -0.1) is 11.8 Å². The van der Waals surface area contributed by atoms with Gasteiger partial charge in [-0.05, 0) is 24.6 Å². The fourth-order valence-electron chi connectivity index (χ4n) is 1.59. The van der Waals surface area contributed by atoms with Crippen LogP contribution in [-0.4, -0.2) is 10.2 Å². The van der Waals surface area contributed by atoms with E-state index in [1.807, 2.05) is 18.0 Å². The molecule has 0 radical (unpaired) electrons. The molecule has 0 aliphatic rings. The van der Waals surface area contributed by atoms with Gasteiger partial charge in [0.15, 0.2) is 0 Å². The molecule has 78 valence electrons. The number of hydrogen-bond donors (Lipinski definition) is 0. The van der Waals surface area contributed by atoms with Crippen LogP contribution in [0.1, 0.15) is 19.4 Å². The lowest BCUT2D eigenvalue weighted by atomic mass is 10.1. The monoisotopic (exact) mass is 217 g/mol. The average molecular weight is 217 g/mol. The summed E-state index contributed by atoms with van der Waals surface area (Å²) in [7, 11) is 0. The minimum absolute atomic E-state index is 0.608. The predicted molar refractivity (Wildman–Crippen MR) is 67.5 cm³/mol. The number of benzene rings is 1. The molecule has 0 fully saturated rings.